The van der Waals surface area contributed by atoms with E-state index in [0.717, 1.165) is 10.0 Å². The topological polar surface area (TPSA) is 58.6 Å². The van der Waals surface area contributed by atoms with Gasteiger partial charge in [-0.05, 0) is 54.8 Å². The van der Waals surface area contributed by atoms with E-state index in [4.69, 9.17) is 4.74 Å². The van der Waals surface area contributed by atoms with Crippen LogP contribution in [0.15, 0.2) is 53.0 Å². The molecule has 0 aromatic heterocycles. The fourth-order valence-corrected chi connectivity index (χ4v) is 3.07. The normalized spacial score (nSPS) is 11.8. The molecule has 0 saturated carbocycles. The Kier molecular flexibility index (Phi) is 8.64. The second kappa shape index (κ2) is 11.0. The maximum atomic E-state index is 13.0. The summed E-state index contributed by atoms with van der Waals surface area (Å²) in [5.74, 6) is -0.234. The number of nitrogens with zero attached hydrogens (tertiary/aromatic N) is 1. The molecule has 2 aromatic carbocycles. The molecule has 0 heterocycles. The van der Waals surface area contributed by atoms with E-state index >= 15 is 0 Å². The maximum absolute atomic E-state index is 13.0. The van der Waals surface area contributed by atoms with Crippen molar-refractivity contribution in [2.45, 2.75) is 33.4 Å². The Morgan fingerprint density at radius 2 is 1.83 bits per heavy atom. The van der Waals surface area contributed by atoms with Crippen LogP contribution in [0.25, 0.3) is 0 Å². The molecule has 156 valence electrons. The van der Waals surface area contributed by atoms with Crippen LogP contribution in [-0.4, -0.2) is 35.9 Å². The molecule has 1 atom stereocenters. The van der Waals surface area contributed by atoms with Crippen LogP contribution in [0.3, 0.4) is 0 Å². The number of amides is 2. The summed E-state index contributed by atoms with van der Waals surface area (Å²) in [6.45, 7) is 6.26. The minimum atomic E-state index is -0.669. The summed E-state index contributed by atoms with van der Waals surface area (Å²) >= 11 is 3.42. The maximum Gasteiger partial charge on any atom is 0.261 e. The molecular formula is C22H26BrFN2O3. The third-order valence-electron chi connectivity index (χ3n) is 4.27. The van der Waals surface area contributed by atoms with Crippen LogP contribution in [0.2, 0.25) is 0 Å². The number of hydrogen-bond donors (Lipinski definition) is 1. The summed E-state index contributed by atoms with van der Waals surface area (Å²) in [6.07, 6.45) is 0. The van der Waals surface area contributed by atoms with E-state index in [-0.39, 0.29) is 30.8 Å². The molecular weight excluding hydrogens is 439 g/mol. The molecule has 2 rings (SSSR count). The smallest absolute Gasteiger partial charge is 0.261 e. The van der Waals surface area contributed by atoms with Crippen molar-refractivity contribution in [3.63, 3.8) is 0 Å². The fraction of sp³-hybridized carbons (Fsp3) is 0.364. The van der Waals surface area contributed by atoms with Gasteiger partial charge in [-0.25, -0.2) is 4.39 Å². The van der Waals surface area contributed by atoms with Crippen molar-refractivity contribution in [2.24, 2.45) is 5.92 Å². The van der Waals surface area contributed by atoms with Gasteiger partial charge in [0, 0.05) is 17.6 Å². The Bertz CT molecular complexity index is 827. The first kappa shape index (κ1) is 22.9. The van der Waals surface area contributed by atoms with Crippen molar-refractivity contribution in [2.75, 3.05) is 13.2 Å². The van der Waals surface area contributed by atoms with Gasteiger partial charge in [-0.3, -0.25) is 9.59 Å². The molecule has 0 bridgehead atoms. The van der Waals surface area contributed by atoms with Gasteiger partial charge in [-0.15, -0.1) is 0 Å². The summed E-state index contributed by atoms with van der Waals surface area (Å²) in [6, 6.07) is 12.3. The summed E-state index contributed by atoms with van der Waals surface area (Å²) in [5.41, 5.74) is 0.887. The zero-order valence-electron chi connectivity index (χ0n) is 16.8. The van der Waals surface area contributed by atoms with E-state index < -0.39 is 6.04 Å². The van der Waals surface area contributed by atoms with Crippen LogP contribution in [0, 0.1) is 11.7 Å². The van der Waals surface area contributed by atoms with Crippen LogP contribution < -0.4 is 10.1 Å². The number of rotatable bonds is 9. The second-order valence-corrected chi connectivity index (χ2v) is 8.12. The number of benzene rings is 2. The van der Waals surface area contributed by atoms with Crippen molar-refractivity contribution >= 4 is 27.7 Å². The molecule has 29 heavy (non-hydrogen) atoms. The predicted octanol–water partition coefficient (Wildman–Crippen LogP) is 4.16. The van der Waals surface area contributed by atoms with Gasteiger partial charge >= 0.3 is 0 Å². The molecule has 0 aliphatic carbocycles. The molecule has 0 spiro atoms. The first-order chi connectivity index (χ1) is 13.8. The summed E-state index contributed by atoms with van der Waals surface area (Å²) < 4.78 is 19.4. The standard InChI is InChI=1S/C22H26BrFN2O3/c1-15(2)12-25-22(28)16(3)26(13-17-5-4-6-18(23)11-17)21(27)14-29-20-9-7-19(24)8-10-20/h4-11,15-16H,12-14H2,1-3H3,(H,25,28)/t16-/m1/s1. The Morgan fingerprint density at radius 1 is 1.14 bits per heavy atom. The summed E-state index contributed by atoms with van der Waals surface area (Å²) in [5, 5.41) is 2.87. The molecule has 0 radical (unpaired) electrons. The average Bonchev–Trinajstić information content (AvgIpc) is 2.69. The van der Waals surface area contributed by atoms with Crippen molar-refractivity contribution < 1.29 is 18.7 Å². The van der Waals surface area contributed by atoms with Gasteiger partial charge in [0.25, 0.3) is 5.91 Å². The minimum Gasteiger partial charge on any atom is -0.484 e. The largest absolute Gasteiger partial charge is 0.484 e. The van der Waals surface area contributed by atoms with E-state index in [9.17, 15) is 14.0 Å². The monoisotopic (exact) mass is 464 g/mol. The SMILES string of the molecule is CC(C)CNC(=O)[C@@H](C)N(Cc1cccc(Br)c1)C(=O)COc1ccc(F)cc1. The van der Waals surface area contributed by atoms with Crippen molar-refractivity contribution in [1.29, 1.82) is 0 Å². The molecule has 0 unspecified atom stereocenters. The molecule has 0 aliphatic heterocycles. The highest BCUT2D eigenvalue weighted by molar-refractivity contribution is 9.10. The van der Waals surface area contributed by atoms with Crippen LogP contribution in [0.1, 0.15) is 26.3 Å². The highest BCUT2D eigenvalue weighted by atomic mass is 79.9. The number of hydrogen-bond acceptors (Lipinski definition) is 3. The van der Waals surface area contributed by atoms with Crippen LogP contribution in [-0.2, 0) is 16.1 Å². The highest BCUT2D eigenvalue weighted by Crippen LogP contribution is 2.16. The molecule has 1 N–H and O–H groups in total. The lowest BCUT2D eigenvalue weighted by Gasteiger charge is -2.29. The van der Waals surface area contributed by atoms with Gasteiger partial charge in [-0.1, -0.05) is 41.9 Å². The zero-order valence-corrected chi connectivity index (χ0v) is 18.4. The lowest BCUT2D eigenvalue weighted by molar-refractivity contribution is -0.142. The van der Waals surface area contributed by atoms with Gasteiger partial charge in [0.05, 0.1) is 0 Å². The first-order valence-corrected chi connectivity index (χ1v) is 10.3. The van der Waals surface area contributed by atoms with E-state index in [0.29, 0.717) is 18.2 Å². The first-order valence-electron chi connectivity index (χ1n) is 9.46. The molecule has 0 saturated heterocycles. The van der Waals surface area contributed by atoms with Crippen molar-refractivity contribution in [3.05, 3.63) is 64.4 Å². The molecule has 2 amide bonds. The lowest BCUT2D eigenvalue weighted by Crippen LogP contribution is -2.49. The average molecular weight is 465 g/mol. The van der Waals surface area contributed by atoms with Crippen LogP contribution >= 0.6 is 15.9 Å². The van der Waals surface area contributed by atoms with E-state index in [1.807, 2.05) is 38.1 Å². The number of carbonyl (C=O) groups is 2. The number of carbonyl (C=O) groups excluding carboxylic acids is 2. The molecule has 0 fully saturated rings. The second-order valence-electron chi connectivity index (χ2n) is 7.21. The van der Waals surface area contributed by atoms with Gasteiger partial charge < -0.3 is 15.0 Å². The number of nitrogens with one attached hydrogen (secondary N) is 1. The number of halogens is 2. The van der Waals surface area contributed by atoms with E-state index in [2.05, 4.69) is 21.2 Å². The Morgan fingerprint density at radius 3 is 2.45 bits per heavy atom. The number of ether oxygens (including phenoxy) is 1. The lowest BCUT2D eigenvalue weighted by atomic mass is 10.1. The summed E-state index contributed by atoms with van der Waals surface area (Å²) in [4.78, 5) is 26.9. The summed E-state index contributed by atoms with van der Waals surface area (Å²) in [7, 11) is 0. The quantitative estimate of drug-likeness (QED) is 0.605. The Balaban J connectivity index is 2.12. The van der Waals surface area contributed by atoms with Crippen molar-refractivity contribution in [1.82, 2.24) is 10.2 Å². The predicted molar refractivity (Wildman–Crippen MR) is 114 cm³/mol. The van der Waals surface area contributed by atoms with Gasteiger partial charge in [0.2, 0.25) is 5.91 Å². The molecule has 5 nitrogen and oxygen atoms in total. The third-order valence-corrected chi connectivity index (χ3v) is 4.76. The highest BCUT2D eigenvalue weighted by Gasteiger charge is 2.26. The molecule has 0 aliphatic rings. The fourth-order valence-electron chi connectivity index (χ4n) is 2.63. The zero-order chi connectivity index (χ0) is 21.4. The Hall–Kier alpha value is -2.41. The van der Waals surface area contributed by atoms with E-state index in [1.165, 1.54) is 29.2 Å². The minimum absolute atomic E-state index is 0.219. The van der Waals surface area contributed by atoms with Gasteiger partial charge in [-0.2, -0.15) is 0 Å². The Labute approximate surface area is 179 Å². The molecule has 2 aromatic rings. The molecule has 7 heteroatoms. The third kappa shape index (κ3) is 7.49. The van der Waals surface area contributed by atoms with Gasteiger partial charge in [0.1, 0.15) is 17.6 Å². The van der Waals surface area contributed by atoms with Crippen molar-refractivity contribution in [3.8, 4) is 5.75 Å². The van der Waals surface area contributed by atoms with Crippen LogP contribution in [0.4, 0.5) is 4.39 Å². The van der Waals surface area contributed by atoms with Gasteiger partial charge in [0.15, 0.2) is 6.61 Å². The van der Waals surface area contributed by atoms with Crippen LogP contribution in [0.5, 0.6) is 5.75 Å². The van der Waals surface area contributed by atoms with E-state index in [1.54, 1.807) is 6.92 Å².